The lowest BCUT2D eigenvalue weighted by Crippen LogP contribution is -2.19. The van der Waals surface area contributed by atoms with Gasteiger partial charge in [0.15, 0.2) is 5.69 Å². The van der Waals surface area contributed by atoms with Gasteiger partial charge in [-0.1, -0.05) is 34.5 Å². The maximum absolute atomic E-state index is 12.8. The molecular weight excluding hydrogens is 477 g/mol. The molecule has 4 aromatic rings. The topological polar surface area (TPSA) is 180 Å². The number of nitrogens with zero attached hydrogens (tertiary/aromatic N) is 7. The van der Waals surface area contributed by atoms with Gasteiger partial charge in [0.05, 0.1) is 21.2 Å². The number of anilines is 1. The molecule has 13 nitrogen and oxygen atoms in total. The fraction of sp³-hybridized carbons (Fsp3) is 0. The van der Waals surface area contributed by atoms with Gasteiger partial charge in [0.1, 0.15) is 5.69 Å². The molecule has 1 amide bonds. The molecule has 0 atom stereocenters. The Kier molecular flexibility index (Phi) is 5.97. The molecule has 0 spiro atoms. The van der Waals surface area contributed by atoms with Crippen LogP contribution in [0.3, 0.4) is 0 Å². The summed E-state index contributed by atoms with van der Waals surface area (Å²) in [7, 11) is 0. The van der Waals surface area contributed by atoms with E-state index in [1.54, 1.807) is 18.2 Å². The summed E-state index contributed by atoms with van der Waals surface area (Å²) in [5.41, 5.74) is 8.63. The van der Waals surface area contributed by atoms with Crippen LogP contribution in [0.5, 0.6) is 0 Å². The molecule has 0 saturated carbocycles. The zero-order valence-corrected chi connectivity index (χ0v) is 17.7. The number of hydrogen-bond acceptors (Lipinski definition) is 10. The van der Waals surface area contributed by atoms with Crippen molar-refractivity contribution in [3.63, 3.8) is 0 Å². The summed E-state index contributed by atoms with van der Waals surface area (Å²) in [6, 6.07) is 10.3. The highest BCUT2D eigenvalue weighted by Gasteiger charge is 2.25. The third kappa shape index (κ3) is 4.35. The lowest BCUT2D eigenvalue weighted by molar-refractivity contribution is -0.384. The van der Waals surface area contributed by atoms with Crippen LogP contribution >= 0.6 is 23.2 Å². The average Bonchev–Trinajstić information content (AvgIpc) is 3.41. The zero-order chi connectivity index (χ0) is 23.5. The molecule has 2 aromatic carbocycles. The maximum atomic E-state index is 12.8. The summed E-state index contributed by atoms with van der Waals surface area (Å²) in [5.74, 6) is -0.883. The molecule has 166 valence electrons. The van der Waals surface area contributed by atoms with Crippen LogP contribution in [0.1, 0.15) is 16.1 Å². The number of hydrazone groups is 1. The molecule has 0 aliphatic carbocycles. The standard InChI is InChI=1S/C18H11Cl2N9O4/c19-12-2-1-3-13(20)11(12)8-22-24-18(30)14-15(9-4-6-10(7-5-9)29(31)32)28(27-23-14)17-16(21)25-33-26-17/h1-8H,(H2,21,25)(H,24,30). The molecule has 15 heteroatoms. The molecule has 0 fully saturated rings. The van der Waals surface area contributed by atoms with Crippen LogP contribution in [-0.4, -0.2) is 42.4 Å². The second-order valence-electron chi connectivity index (χ2n) is 6.31. The van der Waals surface area contributed by atoms with Crippen LogP contribution in [0.25, 0.3) is 17.1 Å². The van der Waals surface area contributed by atoms with Crippen molar-refractivity contribution >= 4 is 46.8 Å². The number of aromatic nitrogens is 5. The van der Waals surface area contributed by atoms with Gasteiger partial charge < -0.3 is 5.73 Å². The summed E-state index contributed by atoms with van der Waals surface area (Å²) in [5, 5.41) is 30.5. The third-order valence-electron chi connectivity index (χ3n) is 4.29. The maximum Gasteiger partial charge on any atom is 0.294 e. The molecule has 0 bridgehead atoms. The molecule has 2 aromatic heterocycles. The van der Waals surface area contributed by atoms with Gasteiger partial charge in [0.2, 0.25) is 11.6 Å². The Hall–Kier alpha value is -4.36. The zero-order valence-electron chi connectivity index (χ0n) is 16.2. The van der Waals surface area contributed by atoms with E-state index in [4.69, 9.17) is 28.9 Å². The summed E-state index contributed by atoms with van der Waals surface area (Å²) >= 11 is 12.2. The van der Waals surface area contributed by atoms with Crippen LogP contribution in [-0.2, 0) is 0 Å². The van der Waals surface area contributed by atoms with E-state index in [1.807, 2.05) is 0 Å². The van der Waals surface area contributed by atoms with E-state index < -0.39 is 10.8 Å². The number of rotatable bonds is 6. The number of nitro groups is 1. The minimum Gasteiger partial charge on any atom is -0.378 e. The third-order valence-corrected chi connectivity index (χ3v) is 4.95. The van der Waals surface area contributed by atoms with Crippen molar-refractivity contribution in [2.45, 2.75) is 0 Å². The van der Waals surface area contributed by atoms with Crippen LogP contribution in [0, 0.1) is 10.1 Å². The van der Waals surface area contributed by atoms with Crippen LogP contribution in [0.15, 0.2) is 52.2 Å². The number of nitrogens with one attached hydrogen (secondary N) is 1. The minimum absolute atomic E-state index is 0.0266. The molecule has 0 unspecified atom stereocenters. The summed E-state index contributed by atoms with van der Waals surface area (Å²) < 4.78 is 5.72. The van der Waals surface area contributed by atoms with Gasteiger partial charge in [-0.15, -0.1) is 5.10 Å². The van der Waals surface area contributed by atoms with Crippen molar-refractivity contribution in [1.82, 2.24) is 30.7 Å². The van der Waals surface area contributed by atoms with Gasteiger partial charge in [-0.2, -0.15) is 9.78 Å². The van der Waals surface area contributed by atoms with E-state index in [2.05, 4.69) is 35.8 Å². The molecular formula is C18H11Cl2N9O4. The van der Waals surface area contributed by atoms with Crippen LogP contribution in [0.4, 0.5) is 11.5 Å². The van der Waals surface area contributed by atoms with E-state index >= 15 is 0 Å². The van der Waals surface area contributed by atoms with E-state index in [1.165, 1.54) is 30.5 Å². The second kappa shape index (κ2) is 9.02. The highest BCUT2D eigenvalue weighted by Crippen LogP contribution is 2.28. The summed E-state index contributed by atoms with van der Waals surface area (Å²) in [6.07, 6.45) is 1.28. The van der Waals surface area contributed by atoms with Gasteiger partial charge in [-0.05, 0) is 34.6 Å². The predicted molar refractivity (Wildman–Crippen MR) is 117 cm³/mol. The molecule has 0 aliphatic rings. The summed E-state index contributed by atoms with van der Waals surface area (Å²) in [6.45, 7) is 0. The number of carbonyl (C=O) groups is 1. The van der Waals surface area contributed by atoms with Gasteiger partial charge in [0.25, 0.3) is 11.6 Å². The molecule has 33 heavy (non-hydrogen) atoms. The Balaban J connectivity index is 1.71. The Bertz CT molecular complexity index is 1360. The van der Waals surface area contributed by atoms with Crippen molar-refractivity contribution in [2.24, 2.45) is 5.10 Å². The highest BCUT2D eigenvalue weighted by molar-refractivity contribution is 6.38. The van der Waals surface area contributed by atoms with Gasteiger partial charge >= 0.3 is 0 Å². The number of nitrogen functional groups attached to an aromatic ring is 1. The smallest absolute Gasteiger partial charge is 0.294 e. The molecule has 0 saturated heterocycles. The largest absolute Gasteiger partial charge is 0.378 e. The van der Waals surface area contributed by atoms with E-state index in [9.17, 15) is 14.9 Å². The first-order chi connectivity index (χ1) is 15.9. The molecule has 0 radical (unpaired) electrons. The number of halogens is 2. The Morgan fingerprint density at radius 2 is 1.88 bits per heavy atom. The van der Waals surface area contributed by atoms with Gasteiger partial charge in [-0.25, -0.2) is 10.1 Å². The van der Waals surface area contributed by atoms with E-state index in [0.717, 1.165) is 4.68 Å². The number of carbonyl (C=O) groups excluding carboxylic acids is 1. The fourth-order valence-corrected chi connectivity index (χ4v) is 3.26. The normalized spacial score (nSPS) is 11.1. The van der Waals surface area contributed by atoms with Gasteiger partial charge in [0, 0.05) is 23.3 Å². The summed E-state index contributed by atoms with van der Waals surface area (Å²) in [4.78, 5) is 23.3. The quantitative estimate of drug-likeness (QED) is 0.234. The number of nitro benzene ring substituents is 1. The van der Waals surface area contributed by atoms with Crippen molar-refractivity contribution in [3.8, 4) is 17.1 Å². The first-order valence-corrected chi connectivity index (χ1v) is 9.68. The van der Waals surface area contributed by atoms with Crippen molar-refractivity contribution < 1.29 is 14.3 Å². The number of hydrogen-bond donors (Lipinski definition) is 2. The number of benzene rings is 2. The molecule has 0 aliphatic heterocycles. The Morgan fingerprint density at radius 3 is 2.48 bits per heavy atom. The van der Waals surface area contributed by atoms with Crippen molar-refractivity contribution in [3.05, 3.63) is 73.9 Å². The number of non-ortho nitro benzene ring substituents is 1. The van der Waals surface area contributed by atoms with Crippen LogP contribution in [0.2, 0.25) is 10.0 Å². The second-order valence-corrected chi connectivity index (χ2v) is 7.12. The highest BCUT2D eigenvalue weighted by atomic mass is 35.5. The fourth-order valence-electron chi connectivity index (χ4n) is 2.76. The molecule has 4 rings (SSSR count). The first-order valence-electron chi connectivity index (χ1n) is 8.93. The Morgan fingerprint density at radius 1 is 1.18 bits per heavy atom. The monoisotopic (exact) mass is 487 g/mol. The first kappa shape index (κ1) is 21.9. The molecule has 3 N–H and O–H groups in total. The lowest BCUT2D eigenvalue weighted by Gasteiger charge is -2.06. The average molecular weight is 488 g/mol. The number of nitrogens with two attached hydrogens (primary N) is 1. The van der Waals surface area contributed by atoms with E-state index in [-0.39, 0.29) is 28.7 Å². The van der Waals surface area contributed by atoms with Crippen LogP contribution < -0.4 is 11.2 Å². The SMILES string of the molecule is Nc1nonc1-n1nnc(C(=O)NN=Cc2c(Cl)cccc2Cl)c1-c1ccc([N+](=O)[O-])cc1. The number of amides is 1. The van der Waals surface area contributed by atoms with Gasteiger partial charge in [-0.3, -0.25) is 14.9 Å². The van der Waals surface area contributed by atoms with Crippen molar-refractivity contribution in [2.75, 3.05) is 5.73 Å². The predicted octanol–water partition coefficient (Wildman–Crippen LogP) is 2.88. The van der Waals surface area contributed by atoms with E-state index in [0.29, 0.717) is 21.2 Å². The van der Waals surface area contributed by atoms with Crippen molar-refractivity contribution in [1.29, 1.82) is 0 Å². The molecule has 2 heterocycles. The Labute approximate surface area is 193 Å². The minimum atomic E-state index is -0.746. The lowest BCUT2D eigenvalue weighted by atomic mass is 10.1.